The van der Waals surface area contributed by atoms with Crippen molar-refractivity contribution in [2.45, 2.75) is 44.8 Å². The molecule has 0 atom stereocenters. The molecular formula is C15H17N3O3S. The molecule has 4 rings (SSSR count). The summed E-state index contributed by atoms with van der Waals surface area (Å²) in [6.07, 6.45) is 4.71. The summed E-state index contributed by atoms with van der Waals surface area (Å²) >= 11 is 1.50. The van der Waals surface area contributed by atoms with Crippen molar-refractivity contribution in [3.8, 4) is 0 Å². The van der Waals surface area contributed by atoms with Gasteiger partial charge in [0.25, 0.3) is 5.56 Å². The van der Waals surface area contributed by atoms with E-state index in [9.17, 15) is 9.59 Å². The predicted octanol–water partition coefficient (Wildman–Crippen LogP) is 2.42. The number of hydrogen-bond donors (Lipinski definition) is 1. The Kier molecular flexibility index (Phi) is 3.00. The molecule has 2 aliphatic rings. The average molecular weight is 319 g/mol. The van der Waals surface area contributed by atoms with Gasteiger partial charge >= 0.3 is 6.09 Å². The van der Waals surface area contributed by atoms with Crippen molar-refractivity contribution in [3.63, 3.8) is 0 Å². The van der Waals surface area contributed by atoms with E-state index in [1.54, 1.807) is 4.90 Å². The van der Waals surface area contributed by atoms with Crippen molar-refractivity contribution >= 4 is 27.6 Å². The van der Waals surface area contributed by atoms with Crippen molar-refractivity contribution in [2.24, 2.45) is 0 Å². The lowest BCUT2D eigenvalue weighted by Crippen LogP contribution is -2.33. The minimum absolute atomic E-state index is 0.0935. The van der Waals surface area contributed by atoms with Gasteiger partial charge in [0, 0.05) is 11.4 Å². The quantitative estimate of drug-likeness (QED) is 0.876. The lowest BCUT2D eigenvalue weighted by molar-refractivity contribution is 0.0571. The maximum absolute atomic E-state index is 12.3. The third-order valence-electron chi connectivity index (χ3n) is 4.41. The number of rotatable bonds is 1. The molecule has 0 spiro atoms. The number of nitrogens with zero attached hydrogens (tertiary/aromatic N) is 2. The van der Waals surface area contributed by atoms with Gasteiger partial charge in [-0.3, -0.25) is 4.79 Å². The van der Waals surface area contributed by atoms with E-state index in [2.05, 4.69) is 9.97 Å². The molecule has 2 aromatic rings. The molecule has 22 heavy (non-hydrogen) atoms. The lowest BCUT2D eigenvalue weighted by atomic mass is 10.1. The summed E-state index contributed by atoms with van der Waals surface area (Å²) in [4.78, 5) is 34.8. The van der Waals surface area contributed by atoms with Crippen LogP contribution < -0.4 is 5.56 Å². The summed E-state index contributed by atoms with van der Waals surface area (Å²) in [5, 5.41) is 0.687. The summed E-state index contributed by atoms with van der Waals surface area (Å²) in [5.41, 5.74) is 0.691. The average Bonchev–Trinajstić information content (AvgIpc) is 3.14. The Morgan fingerprint density at radius 3 is 3.09 bits per heavy atom. The summed E-state index contributed by atoms with van der Waals surface area (Å²) < 4.78 is 5.56. The zero-order valence-corrected chi connectivity index (χ0v) is 13.2. The Hall–Kier alpha value is -1.89. The number of amides is 1. The smallest absolute Gasteiger partial charge is 0.410 e. The minimum Gasteiger partial charge on any atom is -0.443 e. The van der Waals surface area contributed by atoms with Crippen LogP contribution in [0.25, 0.3) is 10.2 Å². The second-order valence-electron chi connectivity index (χ2n) is 6.26. The number of carbonyl (C=O) groups is 1. The monoisotopic (exact) mass is 319 g/mol. The Labute approximate surface area is 131 Å². The molecule has 1 aliphatic carbocycles. The molecule has 1 aliphatic heterocycles. The van der Waals surface area contributed by atoms with E-state index in [1.165, 1.54) is 17.7 Å². The Bertz CT molecular complexity index is 806. The van der Waals surface area contributed by atoms with E-state index < -0.39 is 0 Å². The van der Waals surface area contributed by atoms with E-state index >= 15 is 0 Å². The van der Waals surface area contributed by atoms with Crippen molar-refractivity contribution in [1.29, 1.82) is 0 Å². The number of ether oxygens (including phenoxy) is 1. The zero-order valence-electron chi connectivity index (χ0n) is 12.3. The van der Waals surface area contributed by atoms with Gasteiger partial charge in [-0.05, 0) is 38.2 Å². The van der Waals surface area contributed by atoms with Gasteiger partial charge in [-0.25, -0.2) is 9.78 Å². The van der Waals surface area contributed by atoms with E-state index in [0.29, 0.717) is 18.5 Å². The first kappa shape index (κ1) is 13.8. The van der Waals surface area contributed by atoms with Gasteiger partial charge in [0.1, 0.15) is 10.4 Å². The fourth-order valence-corrected chi connectivity index (χ4v) is 4.05. The van der Waals surface area contributed by atoms with E-state index in [4.69, 9.17) is 4.74 Å². The van der Waals surface area contributed by atoms with Gasteiger partial charge in [-0.1, -0.05) is 0 Å². The standard InChI is InChI=1S/C15H17N3O3S/c1-15(4-5-15)21-14(20)18-6-2-3-9-10(7-18)22-13-11(9)12(19)16-8-17-13/h8H,2-7H2,1H3,(H,16,17,19). The predicted molar refractivity (Wildman–Crippen MR) is 83.1 cm³/mol. The number of fused-ring (bicyclic) bond motifs is 3. The largest absolute Gasteiger partial charge is 0.443 e. The molecule has 0 aromatic carbocycles. The molecule has 0 saturated heterocycles. The first-order chi connectivity index (χ1) is 10.6. The van der Waals surface area contributed by atoms with Crippen molar-refractivity contribution in [3.05, 3.63) is 27.1 Å². The van der Waals surface area contributed by atoms with Crippen LogP contribution in [-0.2, 0) is 17.7 Å². The van der Waals surface area contributed by atoms with Crippen LogP contribution in [0.15, 0.2) is 11.1 Å². The third kappa shape index (κ3) is 2.29. The summed E-state index contributed by atoms with van der Waals surface area (Å²) in [6, 6.07) is 0. The van der Waals surface area contributed by atoms with Crippen LogP contribution >= 0.6 is 11.3 Å². The van der Waals surface area contributed by atoms with Crippen molar-refractivity contribution in [1.82, 2.24) is 14.9 Å². The molecule has 3 heterocycles. The van der Waals surface area contributed by atoms with Crippen LogP contribution in [0, 0.1) is 0 Å². The number of aromatic amines is 1. The molecule has 1 fully saturated rings. The zero-order chi connectivity index (χ0) is 15.3. The molecule has 0 radical (unpaired) electrons. The highest BCUT2D eigenvalue weighted by molar-refractivity contribution is 7.18. The van der Waals surface area contributed by atoms with Crippen molar-refractivity contribution in [2.75, 3.05) is 6.54 Å². The summed E-state index contributed by atoms with van der Waals surface area (Å²) in [5.74, 6) is 0. The summed E-state index contributed by atoms with van der Waals surface area (Å²) in [6.45, 7) is 3.14. The summed E-state index contributed by atoms with van der Waals surface area (Å²) in [7, 11) is 0. The highest BCUT2D eigenvalue weighted by Crippen LogP contribution is 2.39. The van der Waals surface area contributed by atoms with E-state index in [1.807, 2.05) is 6.92 Å². The van der Waals surface area contributed by atoms with Crippen LogP contribution in [0.4, 0.5) is 4.79 Å². The molecule has 2 aromatic heterocycles. The topological polar surface area (TPSA) is 75.3 Å². The van der Waals surface area contributed by atoms with Gasteiger partial charge in [0.15, 0.2) is 0 Å². The third-order valence-corrected chi connectivity index (χ3v) is 5.54. The molecule has 116 valence electrons. The number of nitrogens with one attached hydrogen (secondary N) is 1. The van der Waals surface area contributed by atoms with Crippen molar-refractivity contribution < 1.29 is 9.53 Å². The molecule has 6 nitrogen and oxygen atoms in total. The maximum atomic E-state index is 12.3. The molecule has 0 unspecified atom stereocenters. The molecule has 7 heteroatoms. The first-order valence-corrected chi connectivity index (χ1v) is 8.33. The molecule has 1 saturated carbocycles. The maximum Gasteiger partial charge on any atom is 0.410 e. The molecule has 1 N–H and O–H groups in total. The second-order valence-corrected chi connectivity index (χ2v) is 7.34. The number of hydrogen-bond acceptors (Lipinski definition) is 5. The Balaban J connectivity index is 1.66. The molecule has 1 amide bonds. The number of H-pyrrole nitrogens is 1. The van der Waals surface area contributed by atoms with E-state index in [-0.39, 0.29) is 17.3 Å². The van der Waals surface area contributed by atoms with Gasteiger partial charge in [-0.2, -0.15) is 0 Å². The second kappa shape index (κ2) is 4.81. The Morgan fingerprint density at radius 1 is 1.50 bits per heavy atom. The van der Waals surface area contributed by atoms with Crippen LogP contribution in [0.1, 0.15) is 36.6 Å². The number of aryl methyl sites for hydroxylation is 1. The molecule has 0 bridgehead atoms. The van der Waals surface area contributed by atoms with Gasteiger partial charge in [0.2, 0.25) is 0 Å². The minimum atomic E-state index is -0.259. The van der Waals surface area contributed by atoms with Gasteiger partial charge in [-0.15, -0.1) is 11.3 Å². The SMILES string of the molecule is CC1(OC(=O)N2CCCc3c(sc4nc[nH]c(=O)c34)C2)CC1. The van der Waals surface area contributed by atoms with Crippen LogP contribution in [-0.4, -0.2) is 33.1 Å². The first-order valence-electron chi connectivity index (χ1n) is 7.52. The highest BCUT2D eigenvalue weighted by Gasteiger charge is 2.42. The van der Waals surface area contributed by atoms with Crippen LogP contribution in [0.3, 0.4) is 0 Å². The molecular weight excluding hydrogens is 302 g/mol. The van der Waals surface area contributed by atoms with Gasteiger partial charge in [0.05, 0.1) is 18.3 Å². The number of aromatic nitrogens is 2. The fraction of sp³-hybridized carbons (Fsp3) is 0.533. The lowest BCUT2D eigenvalue weighted by Gasteiger charge is -2.22. The highest BCUT2D eigenvalue weighted by atomic mass is 32.1. The van der Waals surface area contributed by atoms with Crippen LogP contribution in [0.5, 0.6) is 0 Å². The normalized spacial score (nSPS) is 19.6. The fourth-order valence-electron chi connectivity index (χ4n) is 2.85. The van der Waals surface area contributed by atoms with Gasteiger partial charge < -0.3 is 14.6 Å². The Morgan fingerprint density at radius 2 is 2.32 bits per heavy atom. The number of thiophene rings is 1. The van der Waals surface area contributed by atoms with E-state index in [0.717, 1.165) is 41.0 Å². The number of carbonyl (C=O) groups excluding carboxylic acids is 1. The van der Waals surface area contributed by atoms with Crippen LogP contribution in [0.2, 0.25) is 0 Å².